The number of hydrogen-bond donors (Lipinski definition) is 1. The van der Waals surface area contributed by atoms with Crippen LogP contribution in [0.5, 0.6) is 11.5 Å². The van der Waals surface area contributed by atoms with Gasteiger partial charge >= 0.3 is 11.9 Å². The minimum atomic E-state index is -0.927. The summed E-state index contributed by atoms with van der Waals surface area (Å²) in [5, 5.41) is 10.3. The molecule has 1 fully saturated rings. The minimum absolute atomic E-state index is 0.0713. The highest BCUT2D eigenvalue weighted by Crippen LogP contribution is 2.30. The van der Waals surface area contributed by atoms with Gasteiger partial charge < -0.3 is 24.1 Å². The van der Waals surface area contributed by atoms with Gasteiger partial charge in [-0.1, -0.05) is 44.2 Å². The average molecular weight is 500 g/mol. The number of ether oxygens (including phenoxy) is 4. The molecule has 36 heavy (non-hydrogen) atoms. The Morgan fingerprint density at radius 2 is 1.89 bits per heavy atom. The molecule has 0 saturated carbocycles. The van der Waals surface area contributed by atoms with Crippen molar-refractivity contribution >= 4 is 17.7 Å². The molecule has 1 aliphatic heterocycles. The average Bonchev–Trinajstić information content (AvgIpc) is 2.90. The molecule has 1 N–H and O–H groups in total. The number of Topliss-reactive ketones (excluding diaryl/α,β-unsaturated/α-hetero) is 1. The Bertz CT molecular complexity index is 1050. The number of benzene rings is 1. The highest BCUT2D eigenvalue weighted by atomic mass is 16.6. The molecule has 0 unspecified atom stereocenters. The van der Waals surface area contributed by atoms with Gasteiger partial charge in [-0.15, -0.1) is 0 Å². The summed E-state index contributed by atoms with van der Waals surface area (Å²) in [6, 6.07) is 11.1. The second-order valence-corrected chi connectivity index (χ2v) is 9.22. The number of aromatic hydroxyl groups is 1. The molecule has 1 saturated heterocycles. The van der Waals surface area contributed by atoms with Gasteiger partial charge in [0, 0.05) is 24.6 Å². The van der Waals surface area contributed by atoms with E-state index in [0.717, 1.165) is 5.56 Å². The Balaban J connectivity index is 1.81. The van der Waals surface area contributed by atoms with Gasteiger partial charge in [-0.05, 0) is 18.9 Å². The zero-order valence-electron chi connectivity index (χ0n) is 21.0. The van der Waals surface area contributed by atoms with Gasteiger partial charge in [0.2, 0.25) is 0 Å². The minimum Gasteiger partial charge on any atom is -0.503 e. The molecule has 2 aromatic rings. The van der Waals surface area contributed by atoms with Crippen LogP contribution >= 0.6 is 0 Å². The van der Waals surface area contributed by atoms with Crippen molar-refractivity contribution in [2.24, 2.45) is 17.8 Å². The van der Waals surface area contributed by atoms with E-state index in [-0.39, 0.29) is 48.7 Å². The van der Waals surface area contributed by atoms with E-state index in [1.54, 1.807) is 20.8 Å². The molecule has 3 rings (SSSR count). The molecule has 9 heteroatoms. The zero-order chi connectivity index (χ0) is 26.2. The maximum Gasteiger partial charge on any atom is 0.312 e. The lowest BCUT2D eigenvalue weighted by atomic mass is 9.91. The number of ketones is 1. The Labute approximate surface area is 210 Å². The van der Waals surface area contributed by atoms with Crippen LogP contribution in [0, 0.1) is 17.8 Å². The number of methoxy groups -OCH3 is 1. The van der Waals surface area contributed by atoms with Gasteiger partial charge in [0.05, 0.1) is 32.2 Å². The van der Waals surface area contributed by atoms with Gasteiger partial charge in [0.25, 0.3) is 0 Å². The molecule has 4 atom stereocenters. The van der Waals surface area contributed by atoms with Crippen LogP contribution in [-0.2, 0) is 30.2 Å². The van der Waals surface area contributed by atoms with E-state index in [1.165, 1.54) is 19.4 Å². The predicted molar refractivity (Wildman–Crippen MR) is 130 cm³/mol. The molecular weight excluding hydrogens is 466 g/mol. The van der Waals surface area contributed by atoms with Crippen LogP contribution in [0.25, 0.3) is 0 Å². The highest BCUT2D eigenvalue weighted by molar-refractivity contribution is 5.99. The molecule has 1 aromatic heterocycles. The first kappa shape index (κ1) is 27.1. The fourth-order valence-electron chi connectivity index (χ4n) is 4.08. The van der Waals surface area contributed by atoms with E-state index in [2.05, 4.69) is 4.98 Å². The largest absolute Gasteiger partial charge is 0.503 e. The Hall–Kier alpha value is -3.46. The smallest absolute Gasteiger partial charge is 0.312 e. The van der Waals surface area contributed by atoms with Crippen molar-refractivity contribution in [3.8, 4) is 11.5 Å². The summed E-state index contributed by atoms with van der Waals surface area (Å²) in [5.74, 6) is -3.44. The van der Waals surface area contributed by atoms with Crippen molar-refractivity contribution in [1.82, 2.24) is 4.98 Å². The summed E-state index contributed by atoms with van der Waals surface area (Å²) in [6.45, 7) is 5.27. The molecule has 2 heterocycles. The van der Waals surface area contributed by atoms with E-state index in [0.29, 0.717) is 6.42 Å². The summed E-state index contributed by atoms with van der Waals surface area (Å²) in [6.07, 6.45) is 0.107. The van der Waals surface area contributed by atoms with E-state index in [4.69, 9.17) is 18.9 Å². The molecule has 194 valence electrons. The lowest BCUT2D eigenvalue weighted by Crippen LogP contribution is -2.42. The number of rotatable bonds is 8. The molecule has 1 aliphatic rings. The first-order valence-corrected chi connectivity index (χ1v) is 12.0. The van der Waals surface area contributed by atoms with Crippen LogP contribution in [0.4, 0.5) is 0 Å². The summed E-state index contributed by atoms with van der Waals surface area (Å²) in [4.78, 5) is 42.4. The molecule has 0 aliphatic carbocycles. The third kappa shape index (κ3) is 6.81. The van der Waals surface area contributed by atoms with Crippen molar-refractivity contribution in [3.05, 3.63) is 53.9 Å². The summed E-state index contributed by atoms with van der Waals surface area (Å²) in [7, 11) is 1.36. The van der Waals surface area contributed by atoms with Crippen LogP contribution < -0.4 is 4.74 Å². The van der Waals surface area contributed by atoms with Crippen LogP contribution in [0.2, 0.25) is 0 Å². The quantitative estimate of drug-likeness (QED) is 0.430. The maximum atomic E-state index is 13.0. The number of aromatic nitrogens is 1. The summed E-state index contributed by atoms with van der Waals surface area (Å²) < 4.78 is 22.4. The molecule has 9 nitrogen and oxygen atoms in total. The van der Waals surface area contributed by atoms with Crippen molar-refractivity contribution in [2.45, 2.75) is 45.8 Å². The molecule has 0 bridgehead atoms. The number of hydrogen-bond acceptors (Lipinski definition) is 9. The number of esters is 2. The molecule has 0 amide bonds. The summed E-state index contributed by atoms with van der Waals surface area (Å²) >= 11 is 0. The molecule has 0 radical (unpaired) electrons. The lowest BCUT2D eigenvalue weighted by Gasteiger charge is -2.31. The molecule has 0 spiro atoms. The number of carbonyl (C=O) groups excluding carboxylic acids is 3. The van der Waals surface area contributed by atoms with E-state index in [9.17, 15) is 19.5 Å². The van der Waals surface area contributed by atoms with Gasteiger partial charge in [-0.3, -0.25) is 14.4 Å². The van der Waals surface area contributed by atoms with Crippen molar-refractivity contribution in [1.29, 1.82) is 0 Å². The van der Waals surface area contributed by atoms with Gasteiger partial charge in [0.1, 0.15) is 12.2 Å². The van der Waals surface area contributed by atoms with Crippen LogP contribution in [-0.4, -0.2) is 60.3 Å². The Morgan fingerprint density at radius 3 is 2.56 bits per heavy atom. The predicted octanol–water partition coefficient (Wildman–Crippen LogP) is 3.37. The molecular formula is C27H33NO8. The Kier molecular flexibility index (Phi) is 9.41. The van der Waals surface area contributed by atoms with Crippen LogP contribution in [0.15, 0.2) is 42.6 Å². The number of pyridine rings is 1. The fourth-order valence-corrected chi connectivity index (χ4v) is 4.08. The van der Waals surface area contributed by atoms with E-state index in [1.807, 2.05) is 30.3 Å². The Morgan fingerprint density at radius 1 is 1.17 bits per heavy atom. The molecule has 1 aromatic carbocycles. The number of cyclic esters (lactones) is 1. The fraction of sp³-hybridized carbons (Fsp3) is 0.481. The third-order valence-corrected chi connectivity index (χ3v) is 6.08. The van der Waals surface area contributed by atoms with Crippen LogP contribution in [0.1, 0.15) is 43.2 Å². The zero-order valence-corrected chi connectivity index (χ0v) is 21.0. The van der Waals surface area contributed by atoms with Gasteiger partial charge in [0.15, 0.2) is 23.0 Å². The monoisotopic (exact) mass is 499 g/mol. The van der Waals surface area contributed by atoms with E-state index >= 15 is 0 Å². The van der Waals surface area contributed by atoms with Crippen molar-refractivity contribution in [2.75, 3.05) is 20.3 Å². The standard InChI is InChI=1S/C27H33NO8/c1-16(2)26(31)36-25-17(3)35-27(32)20(13-21(29)23-24(30)22(33-4)10-11-28-23)15-34-14-19(25)12-18-8-6-5-7-9-18/h5-11,16-17,19-20,25,30H,12-15H2,1-4H3/t17-,19-,20-,25-/m0/s1. The number of nitrogens with zero attached hydrogens (tertiary/aromatic N) is 1. The van der Waals surface area contributed by atoms with Crippen LogP contribution in [0.3, 0.4) is 0 Å². The second kappa shape index (κ2) is 12.5. The summed E-state index contributed by atoms with van der Waals surface area (Å²) in [5.41, 5.74) is 0.835. The maximum absolute atomic E-state index is 13.0. The van der Waals surface area contributed by atoms with E-state index < -0.39 is 35.8 Å². The SMILES string of the molecule is COc1ccnc(C(=O)C[C@H]2COC[C@H](Cc3ccccc3)[C@@H](OC(=O)C(C)C)[C@H](C)OC2=O)c1O. The second-order valence-electron chi connectivity index (χ2n) is 9.22. The first-order valence-electron chi connectivity index (χ1n) is 12.0. The van der Waals surface area contributed by atoms with Crippen molar-refractivity contribution < 1.29 is 38.4 Å². The topological polar surface area (TPSA) is 121 Å². The highest BCUT2D eigenvalue weighted by Gasteiger charge is 2.38. The first-order chi connectivity index (χ1) is 17.2. The normalized spacial score (nSPS) is 22.6. The van der Waals surface area contributed by atoms with Gasteiger partial charge in [-0.2, -0.15) is 0 Å². The number of carbonyl (C=O) groups is 3. The lowest BCUT2D eigenvalue weighted by molar-refractivity contribution is -0.174. The third-order valence-electron chi connectivity index (χ3n) is 6.08. The van der Waals surface area contributed by atoms with Crippen molar-refractivity contribution in [3.63, 3.8) is 0 Å². The van der Waals surface area contributed by atoms with Gasteiger partial charge in [-0.25, -0.2) is 4.98 Å².